The molecule has 0 fully saturated rings. The molecule has 130 valence electrons. The van der Waals surface area contributed by atoms with E-state index in [0.717, 1.165) is 0 Å². The number of aromatic nitrogens is 1. The number of rotatable bonds is 5. The highest BCUT2D eigenvalue weighted by Gasteiger charge is 2.37. The average molecular weight is 349 g/mol. The topological polar surface area (TPSA) is 48.3 Å². The molecule has 1 aromatic heterocycles. The van der Waals surface area contributed by atoms with Crippen LogP contribution in [0, 0.1) is 5.82 Å². The van der Waals surface area contributed by atoms with Gasteiger partial charge in [0.15, 0.2) is 8.32 Å². The summed E-state index contributed by atoms with van der Waals surface area (Å²) in [6.07, 6.45) is 0.571. The Morgan fingerprint density at radius 3 is 2.42 bits per heavy atom. The first-order chi connectivity index (χ1) is 11.1. The van der Waals surface area contributed by atoms with Crippen molar-refractivity contribution in [2.75, 3.05) is 0 Å². The Hall–Kier alpha value is -1.79. The van der Waals surface area contributed by atoms with Crippen molar-refractivity contribution in [2.24, 2.45) is 0 Å². The Morgan fingerprint density at radius 2 is 1.83 bits per heavy atom. The van der Waals surface area contributed by atoms with Crippen LogP contribution in [0.1, 0.15) is 26.3 Å². The van der Waals surface area contributed by atoms with Gasteiger partial charge in [-0.25, -0.2) is 4.39 Å². The molecule has 0 amide bonds. The number of hydrogen-bond acceptors (Lipinski definition) is 3. The lowest BCUT2D eigenvalue weighted by Gasteiger charge is -2.36. The molecule has 0 radical (unpaired) electrons. The lowest BCUT2D eigenvalue weighted by atomic mass is 10.1. The van der Waals surface area contributed by atoms with Gasteiger partial charge in [-0.2, -0.15) is 0 Å². The average Bonchev–Trinajstić information content (AvgIpc) is 2.48. The number of pyridine rings is 1. The molecule has 0 unspecified atom stereocenters. The van der Waals surface area contributed by atoms with Crippen LogP contribution in [-0.2, 0) is 22.4 Å². The maximum absolute atomic E-state index is 14.2. The van der Waals surface area contributed by atoms with E-state index in [1.54, 1.807) is 12.1 Å². The van der Waals surface area contributed by atoms with Gasteiger partial charge in [0.2, 0.25) is 0 Å². The maximum Gasteiger partial charge on any atom is 0.252 e. The second-order valence-electron chi connectivity index (χ2n) is 7.47. The quantitative estimate of drug-likeness (QED) is 0.608. The summed E-state index contributed by atoms with van der Waals surface area (Å²) in [5.74, 6) is -0.485. The Balaban J connectivity index is 2.57. The standard InChI is InChI=1S/C18H24FNO3Si/c1-18(2,3)24(4,5)23-12-20-16(22)9-7-13-6-8-15(19)14(10-11-21)17(13)20/h6-9,11H,10,12H2,1-5H3. The van der Waals surface area contributed by atoms with Crippen molar-refractivity contribution in [3.8, 4) is 0 Å². The van der Waals surface area contributed by atoms with Gasteiger partial charge in [0, 0.05) is 18.1 Å². The lowest BCUT2D eigenvalue weighted by Crippen LogP contribution is -2.42. The van der Waals surface area contributed by atoms with E-state index >= 15 is 0 Å². The molecule has 1 heterocycles. The highest BCUT2D eigenvalue weighted by Crippen LogP contribution is 2.36. The number of hydrogen-bond donors (Lipinski definition) is 0. The largest absolute Gasteiger partial charge is 0.399 e. The maximum atomic E-state index is 14.2. The predicted octanol–water partition coefficient (Wildman–Crippen LogP) is 3.86. The number of halogens is 1. The highest BCUT2D eigenvalue weighted by molar-refractivity contribution is 6.74. The third-order valence-corrected chi connectivity index (χ3v) is 9.31. The first kappa shape index (κ1) is 18.5. The van der Waals surface area contributed by atoms with Gasteiger partial charge in [0.05, 0.1) is 5.52 Å². The molecule has 0 saturated heterocycles. The fourth-order valence-corrected chi connectivity index (χ4v) is 3.18. The summed E-state index contributed by atoms with van der Waals surface area (Å²) in [5, 5.41) is 0.713. The summed E-state index contributed by atoms with van der Waals surface area (Å²) in [7, 11) is -2.07. The second kappa shape index (κ2) is 6.61. The van der Waals surface area contributed by atoms with Crippen molar-refractivity contribution in [2.45, 2.75) is 52.1 Å². The molecule has 6 heteroatoms. The summed E-state index contributed by atoms with van der Waals surface area (Å²) in [5.41, 5.74) is 0.409. The van der Waals surface area contributed by atoms with E-state index in [1.807, 2.05) is 0 Å². The van der Waals surface area contributed by atoms with Gasteiger partial charge >= 0.3 is 0 Å². The van der Waals surface area contributed by atoms with E-state index in [1.165, 1.54) is 16.7 Å². The van der Waals surface area contributed by atoms with Crippen molar-refractivity contribution in [3.63, 3.8) is 0 Å². The Labute approximate surface area is 142 Å². The van der Waals surface area contributed by atoms with E-state index in [0.29, 0.717) is 17.2 Å². The van der Waals surface area contributed by atoms with E-state index in [4.69, 9.17) is 4.43 Å². The third kappa shape index (κ3) is 3.49. The molecule has 1 aromatic carbocycles. The third-order valence-electron chi connectivity index (χ3n) is 4.85. The molecular weight excluding hydrogens is 325 g/mol. The van der Waals surface area contributed by atoms with Crippen molar-refractivity contribution in [1.82, 2.24) is 4.57 Å². The molecule has 2 aromatic rings. The van der Waals surface area contributed by atoms with Gasteiger partial charge in [0.25, 0.3) is 5.56 Å². The number of nitrogens with zero attached hydrogens (tertiary/aromatic N) is 1. The molecule has 0 bridgehead atoms. The van der Waals surface area contributed by atoms with Gasteiger partial charge in [-0.1, -0.05) is 20.8 Å². The van der Waals surface area contributed by atoms with E-state index < -0.39 is 14.1 Å². The molecule has 0 aliphatic carbocycles. The van der Waals surface area contributed by atoms with Crippen LogP contribution in [0.3, 0.4) is 0 Å². The molecule has 4 nitrogen and oxygen atoms in total. The van der Waals surface area contributed by atoms with Gasteiger partial charge in [-0.05, 0) is 41.7 Å². The molecule has 24 heavy (non-hydrogen) atoms. The monoisotopic (exact) mass is 349 g/mol. The van der Waals surface area contributed by atoms with Crippen LogP contribution in [0.2, 0.25) is 18.1 Å². The first-order valence-corrected chi connectivity index (χ1v) is 10.9. The predicted molar refractivity (Wildman–Crippen MR) is 96.2 cm³/mol. The minimum Gasteiger partial charge on any atom is -0.399 e. The van der Waals surface area contributed by atoms with Crippen LogP contribution >= 0.6 is 0 Å². The van der Waals surface area contributed by atoms with Crippen molar-refractivity contribution < 1.29 is 13.6 Å². The second-order valence-corrected chi connectivity index (χ2v) is 12.3. The minimum atomic E-state index is -2.07. The fourth-order valence-electron chi connectivity index (χ4n) is 2.29. The molecule has 0 aliphatic heterocycles. The lowest BCUT2D eigenvalue weighted by molar-refractivity contribution is -0.107. The molecule has 2 rings (SSSR count). The summed E-state index contributed by atoms with van der Waals surface area (Å²) in [6.45, 7) is 10.6. The Bertz CT molecular complexity index is 821. The molecule has 0 aliphatic rings. The van der Waals surface area contributed by atoms with Crippen LogP contribution < -0.4 is 5.56 Å². The van der Waals surface area contributed by atoms with E-state index in [-0.39, 0.29) is 29.3 Å². The van der Waals surface area contributed by atoms with Crippen molar-refractivity contribution in [1.29, 1.82) is 0 Å². The number of carbonyl (C=O) groups excluding carboxylic acids is 1. The minimum absolute atomic E-state index is 0.00192. The molecule has 0 N–H and O–H groups in total. The number of fused-ring (bicyclic) bond motifs is 1. The van der Waals surface area contributed by atoms with Crippen LogP contribution in [0.15, 0.2) is 29.1 Å². The van der Waals surface area contributed by atoms with Gasteiger partial charge in [-0.15, -0.1) is 0 Å². The summed E-state index contributed by atoms with van der Waals surface area (Å²) >= 11 is 0. The highest BCUT2D eigenvalue weighted by atomic mass is 28.4. The van der Waals surface area contributed by atoms with Gasteiger partial charge in [-0.3, -0.25) is 9.36 Å². The molecule has 0 spiro atoms. The normalized spacial score (nSPS) is 12.6. The van der Waals surface area contributed by atoms with E-state index in [2.05, 4.69) is 33.9 Å². The van der Waals surface area contributed by atoms with Gasteiger partial charge in [0.1, 0.15) is 18.8 Å². The van der Waals surface area contributed by atoms with Crippen LogP contribution in [0.4, 0.5) is 4.39 Å². The van der Waals surface area contributed by atoms with E-state index in [9.17, 15) is 14.0 Å². The number of carbonyl (C=O) groups is 1. The number of aldehydes is 1. The van der Waals surface area contributed by atoms with Crippen LogP contribution in [0.25, 0.3) is 10.9 Å². The molecular formula is C18H24FNO3Si. The van der Waals surface area contributed by atoms with Crippen molar-refractivity contribution in [3.05, 3.63) is 46.0 Å². The zero-order valence-corrected chi connectivity index (χ0v) is 15.9. The van der Waals surface area contributed by atoms with Gasteiger partial charge < -0.3 is 9.22 Å². The fraction of sp³-hybridized carbons (Fsp3) is 0.444. The van der Waals surface area contributed by atoms with Crippen molar-refractivity contribution >= 4 is 25.5 Å². The zero-order valence-electron chi connectivity index (χ0n) is 14.9. The first-order valence-electron chi connectivity index (χ1n) is 7.97. The van der Waals surface area contributed by atoms with Crippen LogP contribution in [0.5, 0.6) is 0 Å². The summed E-state index contributed by atoms with van der Waals surface area (Å²) in [4.78, 5) is 23.3. The molecule has 0 atom stereocenters. The Kier molecular flexibility index (Phi) is 5.10. The summed E-state index contributed by atoms with van der Waals surface area (Å²) in [6, 6.07) is 6.03. The summed E-state index contributed by atoms with van der Waals surface area (Å²) < 4.78 is 21.7. The van der Waals surface area contributed by atoms with Crippen LogP contribution in [-0.4, -0.2) is 19.2 Å². The smallest absolute Gasteiger partial charge is 0.252 e. The molecule has 0 saturated carbocycles. The number of benzene rings is 1. The zero-order chi connectivity index (χ0) is 18.1. The Morgan fingerprint density at radius 1 is 1.21 bits per heavy atom. The SMILES string of the molecule is CC(C)(C)[Si](C)(C)OCn1c(=O)ccc2ccc(F)c(CC=O)c21.